The maximum atomic E-state index is 13.8. The number of carbonyl (C=O) groups is 1. The van der Waals surface area contributed by atoms with Crippen LogP contribution in [0, 0.1) is 23.6 Å². The fourth-order valence-electron chi connectivity index (χ4n) is 5.10. The van der Waals surface area contributed by atoms with Crippen molar-refractivity contribution in [3.63, 3.8) is 0 Å². The van der Waals surface area contributed by atoms with Crippen LogP contribution in [0.25, 0.3) is 5.76 Å². The zero-order valence-corrected chi connectivity index (χ0v) is 20.7. The number of allylic oxidation sites excluding steroid dienone is 2. The molecule has 2 aliphatic rings. The second kappa shape index (κ2) is 8.61. The normalized spacial score (nSPS) is 21.3. The van der Waals surface area contributed by atoms with E-state index in [1.165, 1.54) is 23.5 Å². The molecule has 0 bridgehead atoms. The Balaban J connectivity index is 1.82. The van der Waals surface area contributed by atoms with Crippen molar-refractivity contribution in [3.8, 4) is 0 Å². The summed E-state index contributed by atoms with van der Waals surface area (Å²) in [5.41, 5.74) is 3.70. The predicted molar refractivity (Wildman–Crippen MR) is 139 cm³/mol. The predicted octanol–water partition coefficient (Wildman–Crippen LogP) is 7.39. The van der Waals surface area contributed by atoms with E-state index in [-0.39, 0.29) is 28.6 Å². The number of thiophene rings is 1. The minimum Gasteiger partial charge on any atom is -0.507 e. The van der Waals surface area contributed by atoms with Crippen LogP contribution in [0.3, 0.4) is 0 Å². The van der Waals surface area contributed by atoms with Crippen LogP contribution in [0.15, 0.2) is 82.9 Å². The smallest absolute Gasteiger partial charge is 0.162 e. The fourth-order valence-corrected chi connectivity index (χ4v) is 5.94. The van der Waals surface area contributed by atoms with Crippen molar-refractivity contribution in [1.82, 2.24) is 0 Å². The summed E-state index contributed by atoms with van der Waals surface area (Å²) in [4.78, 5) is 16.3. The molecule has 0 saturated carbocycles. The molecule has 1 aromatic heterocycles. The largest absolute Gasteiger partial charge is 0.507 e. The van der Waals surface area contributed by atoms with Crippen molar-refractivity contribution in [2.75, 3.05) is 4.90 Å². The quantitative estimate of drug-likeness (QED) is 0.379. The van der Waals surface area contributed by atoms with Gasteiger partial charge in [-0.15, -0.1) is 11.3 Å². The Morgan fingerprint density at radius 1 is 1.09 bits per heavy atom. The first-order valence-electron chi connectivity index (χ1n) is 11.6. The number of halogens is 1. The molecule has 1 aliphatic carbocycles. The zero-order chi connectivity index (χ0) is 24.9. The lowest BCUT2D eigenvalue weighted by Gasteiger charge is -2.45. The van der Waals surface area contributed by atoms with Crippen LogP contribution in [0.4, 0.5) is 10.1 Å². The third kappa shape index (κ3) is 4.12. The van der Waals surface area contributed by atoms with Crippen LogP contribution in [-0.2, 0) is 4.79 Å². The van der Waals surface area contributed by atoms with Crippen molar-refractivity contribution in [2.24, 2.45) is 5.41 Å². The van der Waals surface area contributed by atoms with E-state index in [1.54, 1.807) is 17.0 Å². The first-order valence-corrected chi connectivity index (χ1v) is 12.5. The van der Waals surface area contributed by atoms with Gasteiger partial charge in [0.05, 0.1) is 11.5 Å². The molecule has 178 valence electrons. The Bertz CT molecular complexity index is 1370. The number of rotatable bonds is 3. The molecule has 0 radical (unpaired) electrons. The van der Waals surface area contributed by atoms with Gasteiger partial charge in [-0.2, -0.15) is 0 Å². The number of benzene rings is 2. The SMILES string of the molecule is Cc1ccc(/C(O)=C2\C(=N)N(c3ccc(F)cc3)C3=C(C(=O)CC(C)(C)C3)C2c2cccs2)cc1. The zero-order valence-electron chi connectivity index (χ0n) is 19.9. The second-order valence-corrected chi connectivity index (χ2v) is 11.0. The maximum absolute atomic E-state index is 13.8. The van der Waals surface area contributed by atoms with E-state index in [0.717, 1.165) is 16.1 Å². The third-order valence-corrected chi connectivity index (χ3v) is 7.65. The lowest BCUT2D eigenvalue weighted by atomic mass is 9.68. The molecule has 2 aromatic carbocycles. The Labute approximate surface area is 208 Å². The molecule has 3 aromatic rings. The van der Waals surface area contributed by atoms with Crippen molar-refractivity contribution in [1.29, 1.82) is 5.41 Å². The van der Waals surface area contributed by atoms with E-state index < -0.39 is 5.92 Å². The molecule has 35 heavy (non-hydrogen) atoms. The van der Waals surface area contributed by atoms with Gasteiger partial charge in [-0.25, -0.2) is 4.39 Å². The third-order valence-electron chi connectivity index (χ3n) is 6.72. The summed E-state index contributed by atoms with van der Waals surface area (Å²) < 4.78 is 13.8. The van der Waals surface area contributed by atoms with Crippen LogP contribution < -0.4 is 4.90 Å². The molecule has 0 spiro atoms. The standard InChI is InChI=1S/C29H27FN2O2S/c1-17-6-8-18(9-7-17)27(34)26-25(23-5-4-14-35-23)24-21(15-29(2,3)16-22(24)33)32(28(26)31)20-12-10-19(30)11-13-20/h4-14,25,31,34H,15-16H2,1-3H3/b27-26+,31-28?. The monoisotopic (exact) mass is 486 g/mol. The first kappa shape index (κ1) is 23.2. The van der Waals surface area contributed by atoms with E-state index in [2.05, 4.69) is 13.8 Å². The number of Topliss-reactive ketones (excluding diaryl/α,β-unsaturated/α-hetero) is 1. The van der Waals surface area contributed by atoms with Gasteiger partial charge in [0, 0.05) is 33.8 Å². The highest BCUT2D eigenvalue weighted by molar-refractivity contribution is 7.10. The highest BCUT2D eigenvalue weighted by Gasteiger charge is 2.47. The number of ketones is 1. The summed E-state index contributed by atoms with van der Waals surface area (Å²) in [6.45, 7) is 6.08. The van der Waals surface area contributed by atoms with Gasteiger partial charge in [-0.1, -0.05) is 49.7 Å². The maximum Gasteiger partial charge on any atom is 0.162 e. The van der Waals surface area contributed by atoms with Crippen LogP contribution >= 0.6 is 11.3 Å². The first-order chi connectivity index (χ1) is 16.7. The number of anilines is 1. The van der Waals surface area contributed by atoms with Gasteiger partial charge >= 0.3 is 0 Å². The topological polar surface area (TPSA) is 64.4 Å². The Kier molecular flexibility index (Phi) is 5.72. The summed E-state index contributed by atoms with van der Waals surface area (Å²) in [6, 6.07) is 17.3. The van der Waals surface area contributed by atoms with E-state index in [0.29, 0.717) is 35.2 Å². The average Bonchev–Trinajstić information content (AvgIpc) is 3.33. The molecule has 1 unspecified atom stereocenters. The van der Waals surface area contributed by atoms with Gasteiger partial charge < -0.3 is 5.11 Å². The molecule has 0 amide bonds. The van der Waals surface area contributed by atoms with Crippen LogP contribution in [0.2, 0.25) is 0 Å². The van der Waals surface area contributed by atoms with Gasteiger partial charge in [-0.05, 0) is 54.5 Å². The van der Waals surface area contributed by atoms with Crippen molar-refractivity contribution >= 4 is 34.4 Å². The van der Waals surface area contributed by atoms with E-state index in [1.807, 2.05) is 48.7 Å². The molecule has 2 N–H and O–H groups in total. The summed E-state index contributed by atoms with van der Waals surface area (Å²) in [7, 11) is 0. The molecule has 4 nitrogen and oxygen atoms in total. The summed E-state index contributed by atoms with van der Waals surface area (Å²) in [5.74, 6) is -0.828. The number of hydrogen-bond acceptors (Lipinski definition) is 4. The number of nitrogens with one attached hydrogen (secondary N) is 1. The average molecular weight is 487 g/mol. The fraction of sp³-hybridized carbons (Fsp3) is 0.241. The minimum absolute atomic E-state index is 0.0171. The van der Waals surface area contributed by atoms with Crippen LogP contribution in [0.1, 0.15) is 48.6 Å². The molecular weight excluding hydrogens is 459 g/mol. The second-order valence-electron chi connectivity index (χ2n) is 10.0. The Hall–Kier alpha value is -3.51. The molecule has 0 saturated heterocycles. The van der Waals surface area contributed by atoms with Gasteiger partial charge in [0.25, 0.3) is 0 Å². The number of aliphatic hydroxyl groups excluding tert-OH is 1. The lowest BCUT2D eigenvalue weighted by molar-refractivity contribution is -0.118. The van der Waals surface area contributed by atoms with E-state index >= 15 is 0 Å². The summed E-state index contributed by atoms with van der Waals surface area (Å²) in [6.07, 6.45) is 0.977. The summed E-state index contributed by atoms with van der Waals surface area (Å²) in [5, 5.41) is 22.9. The number of aryl methyl sites for hydroxylation is 1. The van der Waals surface area contributed by atoms with Crippen molar-refractivity contribution in [2.45, 2.75) is 39.5 Å². The van der Waals surface area contributed by atoms with Crippen molar-refractivity contribution < 1.29 is 14.3 Å². The number of amidine groups is 1. The number of carbonyl (C=O) groups excluding carboxylic acids is 1. The minimum atomic E-state index is -0.542. The highest BCUT2D eigenvalue weighted by atomic mass is 32.1. The van der Waals surface area contributed by atoms with E-state index in [9.17, 15) is 19.7 Å². The number of aliphatic hydroxyl groups is 1. The Morgan fingerprint density at radius 2 is 1.77 bits per heavy atom. The molecule has 1 aliphatic heterocycles. The van der Waals surface area contributed by atoms with Gasteiger partial charge in [0.15, 0.2) is 5.78 Å². The van der Waals surface area contributed by atoms with Crippen LogP contribution in [-0.4, -0.2) is 16.7 Å². The number of hydrogen-bond donors (Lipinski definition) is 2. The molecule has 5 rings (SSSR count). The Morgan fingerprint density at radius 3 is 2.40 bits per heavy atom. The number of nitrogens with zero attached hydrogens (tertiary/aromatic N) is 1. The summed E-state index contributed by atoms with van der Waals surface area (Å²) >= 11 is 1.51. The van der Waals surface area contributed by atoms with E-state index in [4.69, 9.17) is 0 Å². The molecule has 6 heteroatoms. The molecule has 0 fully saturated rings. The van der Waals surface area contributed by atoms with Gasteiger partial charge in [0.1, 0.15) is 17.4 Å². The lowest BCUT2D eigenvalue weighted by Crippen LogP contribution is -2.45. The molecule has 1 atom stereocenters. The highest BCUT2D eigenvalue weighted by Crippen LogP contribution is 2.51. The molecule has 2 heterocycles. The van der Waals surface area contributed by atoms with Gasteiger partial charge in [0.2, 0.25) is 0 Å². The molecular formula is C29H27FN2O2S. The van der Waals surface area contributed by atoms with Crippen molar-refractivity contribution in [3.05, 3.63) is 105 Å². The van der Waals surface area contributed by atoms with Gasteiger partial charge in [-0.3, -0.25) is 15.1 Å². The van der Waals surface area contributed by atoms with Crippen LogP contribution in [0.5, 0.6) is 0 Å².